The molecule has 1 unspecified atom stereocenters. The molecule has 2 aromatic carbocycles. The van der Waals surface area contributed by atoms with Crippen molar-refractivity contribution in [2.24, 2.45) is 0 Å². The van der Waals surface area contributed by atoms with E-state index in [4.69, 9.17) is 14.2 Å². The highest BCUT2D eigenvalue weighted by molar-refractivity contribution is 9.09. The number of alkyl halides is 1. The van der Waals surface area contributed by atoms with Gasteiger partial charge in [-0.05, 0) is 30.2 Å². The van der Waals surface area contributed by atoms with Gasteiger partial charge in [-0.3, -0.25) is 0 Å². The Hall–Kier alpha value is -1.10. The van der Waals surface area contributed by atoms with Crippen LogP contribution in [-0.2, 0) is 15.3 Å². The fourth-order valence-electron chi connectivity index (χ4n) is 2.90. The molecule has 0 bridgehead atoms. The van der Waals surface area contributed by atoms with Gasteiger partial charge in [0.2, 0.25) is 5.79 Å². The first-order valence-electron chi connectivity index (χ1n) is 7.17. The van der Waals surface area contributed by atoms with E-state index >= 15 is 0 Å². The summed E-state index contributed by atoms with van der Waals surface area (Å²) >= 11 is 3.67. The van der Waals surface area contributed by atoms with Crippen LogP contribution in [0.15, 0.2) is 36.4 Å². The minimum atomic E-state index is -0.815. The second-order valence-electron chi connectivity index (χ2n) is 5.20. The number of halogens is 1. The summed E-state index contributed by atoms with van der Waals surface area (Å²) in [7, 11) is 1.68. The lowest BCUT2D eigenvalue weighted by Crippen LogP contribution is -2.44. The number of rotatable bonds is 3. The van der Waals surface area contributed by atoms with Crippen LogP contribution in [-0.4, -0.2) is 25.2 Å². The van der Waals surface area contributed by atoms with E-state index in [0.717, 1.165) is 28.5 Å². The van der Waals surface area contributed by atoms with Gasteiger partial charge in [0, 0.05) is 0 Å². The summed E-state index contributed by atoms with van der Waals surface area (Å²) in [6.07, 6.45) is 0.911. The number of methoxy groups -OCH3 is 1. The fourth-order valence-corrected chi connectivity index (χ4v) is 3.40. The van der Waals surface area contributed by atoms with Crippen LogP contribution < -0.4 is 4.74 Å². The largest absolute Gasteiger partial charge is 0.496 e. The van der Waals surface area contributed by atoms with Crippen molar-refractivity contribution in [3.05, 3.63) is 42.0 Å². The van der Waals surface area contributed by atoms with Crippen molar-refractivity contribution in [1.29, 1.82) is 0 Å². The molecular formula is C17H19BrO3. The number of hydrogen-bond acceptors (Lipinski definition) is 3. The minimum absolute atomic E-state index is 0.00464. The molecule has 0 N–H and O–H groups in total. The van der Waals surface area contributed by atoms with Crippen molar-refractivity contribution in [2.45, 2.75) is 24.0 Å². The normalized spacial score (nSPS) is 19.4. The first-order valence-corrected chi connectivity index (χ1v) is 8.09. The Bertz CT molecular complexity index is 633. The SMILES string of the molecule is COc1ccc2ccccc2c1C1(C(C)Br)OCCCO1. The van der Waals surface area contributed by atoms with E-state index in [1.54, 1.807) is 7.11 Å². The third-order valence-corrected chi connectivity index (χ3v) is 4.51. The molecule has 0 radical (unpaired) electrons. The van der Waals surface area contributed by atoms with Gasteiger partial charge < -0.3 is 14.2 Å². The van der Waals surface area contributed by atoms with E-state index in [0.29, 0.717) is 13.2 Å². The molecule has 2 aromatic rings. The average Bonchev–Trinajstić information content (AvgIpc) is 2.54. The molecule has 1 aliphatic rings. The van der Waals surface area contributed by atoms with Gasteiger partial charge in [-0.25, -0.2) is 0 Å². The van der Waals surface area contributed by atoms with Crippen LogP contribution in [0, 0.1) is 0 Å². The Kier molecular flexibility index (Phi) is 4.20. The lowest BCUT2D eigenvalue weighted by molar-refractivity contribution is -0.272. The van der Waals surface area contributed by atoms with Crippen LogP contribution in [0.1, 0.15) is 18.9 Å². The molecule has 0 aromatic heterocycles. The Morgan fingerprint density at radius 1 is 1.14 bits per heavy atom. The average molecular weight is 351 g/mol. The van der Waals surface area contributed by atoms with Gasteiger partial charge >= 0.3 is 0 Å². The zero-order valence-corrected chi connectivity index (χ0v) is 13.9. The molecule has 1 atom stereocenters. The Morgan fingerprint density at radius 2 is 1.86 bits per heavy atom. The maximum Gasteiger partial charge on any atom is 0.211 e. The number of hydrogen-bond donors (Lipinski definition) is 0. The molecule has 1 heterocycles. The van der Waals surface area contributed by atoms with Crippen molar-refractivity contribution in [1.82, 2.24) is 0 Å². The van der Waals surface area contributed by atoms with Crippen molar-refractivity contribution in [2.75, 3.05) is 20.3 Å². The van der Waals surface area contributed by atoms with Crippen molar-refractivity contribution < 1.29 is 14.2 Å². The molecule has 1 saturated heterocycles. The summed E-state index contributed by atoms with van der Waals surface area (Å²) in [5, 5.41) is 2.25. The van der Waals surface area contributed by atoms with E-state index in [1.165, 1.54) is 0 Å². The Balaban J connectivity index is 2.29. The van der Waals surface area contributed by atoms with Crippen LogP contribution in [0.2, 0.25) is 0 Å². The number of fused-ring (bicyclic) bond motifs is 1. The van der Waals surface area contributed by atoms with Crippen LogP contribution >= 0.6 is 15.9 Å². The minimum Gasteiger partial charge on any atom is -0.496 e. The lowest BCUT2D eigenvalue weighted by atomic mass is 9.94. The number of ether oxygens (including phenoxy) is 3. The Labute approximate surface area is 133 Å². The van der Waals surface area contributed by atoms with Crippen molar-refractivity contribution in [3.8, 4) is 5.75 Å². The maximum absolute atomic E-state index is 6.11. The monoisotopic (exact) mass is 350 g/mol. The van der Waals surface area contributed by atoms with E-state index in [-0.39, 0.29) is 4.83 Å². The second kappa shape index (κ2) is 5.95. The molecule has 0 amide bonds. The highest BCUT2D eigenvalue weighted by Crippen LogP contribution is 2.45. The van der Waals surface area contributed by atoms with E-state index in [1.807, 2.05) is 25.1 Å². The zero-order chi connectivity index (χ0) is 14.9. The predicted molar refractivity (Wildman–Crippen MR) is 87.1 cm³/mol. The van der Waals surface area contributed by atoms with Crippen LogP contribution in [0.25, 0.3) is 10.8 Å². The molecule has 1 aliphatic heterocycles. The van der Waals surface area contributed by atoms with E-state index in [2.05, 4.69) is 34.1 Å². The molecule has 3 nitrogen and oxygen atoms in total. The lowest BCUT2D eigenvalue weighted by Gasteiger charge is -2.41. The molecule has 1 fully saturated rings. The predicted octanol–water partition coefficient (Wildman–Crippen LogP) is 4.22. The highest BCUT2D eigenvalue weighted by Gasteiger charge is 2.44. The van der Waals surface area contributed by atoms with Crippen LogP contribution in [0.3, 0.4) is 0 Å². The smallest absolute Gasteiger partial charge is 0.211 e. The highest BCUT2D eigenvalue weighted by atomic mass is 79.9. The summed E-state index contributed by atoms with van der Waals surface area (Å²) in [6.45, 7) is 3.41. The zero-order valence-electron chi connectivity index (χ0n) is 12.3. The summed E-state index contributed by atoms with van der Waals surface area (Å²) in [5.41, 5.74) is 0.965. The van der Waals surface area contributed by atoms with Crippen LogP contribution in [0.5, 0.6) is 5.75 Å². The quantitative estimate of drug-likeness (QED) is 0.775. The summed E-state index contributed by atoms with van der Waals surface area (Å²) in [4.78, 5) is 0.00464. The summed E-state index contributed by atoms with van der Waals surface area (Å²) in [5.74, 6) is -0.0216. The van der Waals surface area contributed by atoms with Crippen molar-refractivity contribution in [3.63, 3.8) is 0 Å². The molecule has 0 aliphatic carbocycles. The molecular weight excluding hydrogens is 332 g/mol. The summed E-state index contributed by atoms with van der Waals surface area (Å²) < 4.78 is 17.8. The molecule has 112 valence electrons. The first-order chi connectivity index (χ1) is 10.2. The molecule has 4 heteroatoms. The molecule has 3 rings (SSSR count). The molecule has 0 saturated carbocycles. The van der Waals surface area contributed by atoms with Crippen LogP contribution in [0.4, 0.5) is 0 Å². The van der Waals surface area contributed by atoms with Gasteiger partial charge in [-0.15, -0.1) is 0 Å². The van der Waals surface area contributed by atoms with Gasteiger partial charge in [0.05, 0.1) is 30.7 Å². The first kappa shape index (κ1) is 14.8. The second-order valence-corrected chi connectivity index (χ2v) is 6.57. The van der Waals surface area contributed by atoms with Gasteiger partial charge in [-0.1, -0.05) is 46.3 Å². The fraction of sp³-hybridized carbons (Fsp3) is 0.412. The topological polar surface area (TPSA) is 27.7 Å². The van der Waals surface area contributed by atoms with E-state index in [9.17, 15) is 0 Å². The Morgan fingerprint density at radius 3 is 2.52 bits per heavy atom. The van der Waals surface area contributed by atoms with Gasteiger partial charge in [-0.2, -0.15) is 0 Å². The third kappa shape index (κ3) is 2.45. The number of benzene rings is 2. The van der Waals surface area contributed by atoms with Gasteiger partial charge in [0.15, 0.2) is 0 Å². The van der Waals surface area contributed by atoms with E-state index < -0.39 is 5.79 Å². The van der Waals surface area contributed by atoms with Gasteiger partial charge in [0.25, 0.3) is 0 Å². The van der Waals surface area contributed by atoms with Gasteiger partial charge in [0.1, 0.15) is 5.75 Å². The van der Waals surface area contributed by atoms with Crippen molar-refractivity contribution >= 4 is 26.7 Å². The molecule has 21 heavy (non-hydrogen) atoms. The summed E-state index contributed by atoms with van der Waals surface area (Å²) in [6, 6.07) is 12.3. The maximum atomic E-state index is 6.11. The standard InChI is InChI=1S/C17H19BrO3/c1-12(18)17(20-10-5-11-21-17)16-14-7-4-3-6-13(14)8-9-15(16)19-2/h3-4,6-9,12H,5,10-11H2,1-2H3. The molecule has 0 spiro atoms. The third-order valence-electron chi connectivity index (χ3n) is 3.90.